The number of nitrogens with zero attached hydrogens (tertiary/aromatic N) is 3. The van der Waals surface area contributed by atoms with E-state index in [1.807, 2.05) is 7.05 Å². The highest BCUT2D eigenvalue weighted by Crippen LogP contribution is 2.14. The van der Waals surface area contributed by atoms with Gasteiger partial charge in [-0.05, 0) is 12.8 Å². The lowest BCUT2D eigenvalue weighted by Gasteiger charge is -2.47. The molecule has 0 amide bonds. The Morgan fingerprint density at radius 2 is 2.08 bits per heavy atom. The van der Waals surface area contributed by atoms with Crippen LogP contribution in [0.2, 0.25) is 0 Å². The second-order valence-electron chi connectivity index (χ2n) is 7.03. The van der Waals surface area contributed by atoms with E-state index in [4.69, 9.17) is 9.47 Å². The maximum Gasteiger partial charge on any atom is 0.191 e. The molecule has 0 aromatic carbocycles. The van der Waals surface area contributed by atoms with Crippen molar-refractivity contribution in [3.05, 3.63) is 0 Å². The fourth-order valence-electron chi connectivity index (χ4n) is 3.70. The number of rotatable bonds is 8. The van der Waals surface area contributed by atoms with Gasteiger partial charge >= 0.3 is 0 Å². The number of piperazine rings is 3. The van der Waals surface area contributed by atoms with Crippen LogP contribution in [0.5, 0.6) is 0 Å². The molecule has 0 radical (unpaired) electrons. The Labute approximate surface area is 168 Å². The molecule has 0 saturated carbocycles. The fourth-order valence-corrected chi connectivity index (χ4v) is 3.70. The Balaban J connectivity index is 0.00000225. The van der Waals surface area contributed by atoms with Crippen molar-refractivity contribution in [3.63, 3.8) is 0 Å². The van der Waals surface area contributed by atoms with Crippen LogP contribution in [0.3, 0.4) is 0 Å². The second-order valence-corrected chi connectivity index (χ2v) is 7.03. The monoisotopic (exact) mass is 467 g/mol. The zero-order valence-electron chi connectivity index (χ0n) is 15.4. The van der Waals surface area contributed by atoms with Crippen LogP contribution in [-0.4, -0.2) is 101 Å². The maximum atomic E-state index is 5.73. The average molecular weight is 467 g/mol. The molecule has 2 N–H and O–H groups in total. The summed E-state index contributed by atoms with van der Waals surface area (Å²) in [6, 6.07) is 0.614. The normalized spacial score (nSPS) is 31.6. The predicted molar refractivity (Wildman–Crippen MR) is 111 cm³/mol. The predicted octanol–water partition coefficient (Wildman–Crippen LogP) is 0.212. The lowest BCUT2D eigenvalue weighted by Crippen LogP contribution is -2.63. The summed E-state index contributed by atoms with van der Waals surface area (Å²) in [6.45, 7) is 11.3. The zero-order valence-corrected chi connectivity index (χ0v) is 17.7. The third-order valence-electron chi connectivity index (χ3n) is 5.26. The van der Waals surface area contributed by atoms with Crippen LogP contribution in [0.25, 0.3) is 0 Å². The number of fused-ring (bicyclic) bond motifs is 3. The van der Waals surface area contributed by atoms with E-state index in [9.17, 15) is 0 Å². The van der Waals surface area contributed by atoms with E-state index < -0.39 is 0 Å². The molecule has 7 nitrogen and oxygen atoms in total. The summed E-state index contributed by atoms with van der Waals surface area (Å²) in [7, 11) is 1.84. The van der Waals surface area contributed by atoms with Gasteiger partial charge in [0, 0.05) is 78.0 Å². The molecule has 0 aromatic heterocycles. The number of guanidine groups is 1. The minimum Gasteiger partial charge on any atom is -0.381 e. The lowest BCUT2D eigenvalue weighted by atomic mass is 10.1. The first-order valence-corrected chi connectivity index (χ1v) is 9.41. The topological polar surface area (TPSA) is 61.4 Å². The molecule has 4 aliphatic rings. The Morgan fingerprint density at radius 1 is 1.24 bits per heavy atom. The van der Waals surface area contributed by atoms with E-state index in [0.29, 0.717) is 12.0 Å². The Morgan fingerprint density at radius 3 is 2.72 bits per heavy atom. The van der Waals surface area contributed by atoms with E-state index in [-0.39, 0.29) is 24.0 Å². The van der Waals surface area contributed by atoms with Crippen LogP contribution < -0.4 is 10.6 Å². The molecular formula is C17H34IN5O2. The molecular weight excluding hydrogens is 433 g/mol. The van der Waals surface area contributed by atoms with Crippen LogP contribution in [0.4, 0.5) is 0 Å². The average Bonchev–Trinajstić information content (AvgIpc) is 3.15. The van der Waals surface area contributed by atoms with Crippen molar-refractivity contribution in [1.29, 1.82) is 0 Å². The van der Waals surface area contributed by atoms with E-state index >= 15 is 0 Å². The molecule has 2 bridgehead atoms. The number of halogens is 1. The van der Waals surface area contributed by atoms with Gasteiger partial charge in [-0.15, -0.1) is 24.0 Å². The first-order valence-electron chi connectivity index (χ1n) is 9.41. The van der Waals surface area contributed by atoms with Crippen molar-refractivity contribution in [2.45, 2.75) is 18.9 Å². The Bertz CT molecular complexity index is 398. The van der Waals surface area contributed by atoms with Gasteiger partial charge in [0.15, 0.2) is 5.96 Å². The van der Waals surface area contributed by atoms with Gasteiger partial charge < -0.3 is 20.1 Å². The van der Waals surface area contributed by atoms with Crippen molar-refractivity contribution in [1.82, 2.24) is 20.4 Å². The number of nitrogens with one attached hydrogen (secondary N) is 2. The van der Waals surface area contributed by atoms with Crippen LogP contribution in [-0.2, 0) is 9.47 Å². The van der Waals surface area contributed by atoms with Gasteiger partial charge in [-0.3, -0.25) is 14.8 Å². The number of aliphatic imine (C=N–C) groups is 1. The summed E-state index contributed by atoms with van der Waals surface area (Å²) >= 11 is 0. The molecule has 0 spiro atoms. The zero-order chi connectivity index (χ0) is 16.6. The van der Waals surface area contributed by atoms with Gasteiger partial charge in [0.05, 0.1) is 13.2 Å². The van der Waals surface area contributed by atoms with Crippen LogP contribution in [0, 0.1) is 5.92 Å². The number of hydrogen-bond acceptors (Lipinski definition) is 5. The van der Waals surface area contributed by atoms with Gasteiger partial charge in [-0.1, -0.05) is 0 Å². The third-order valence-corrected chi connectivity index (χ3v) is 5.26. The van der Waals surface area contributed by atoms with Crippen molar-refractivity contribution in [2.24, 2.45) is 10.9 Å². The van der Waals surface area contributed by atoms with Gasteiger partial charge in [-0.2, -0.15) is 0 Å². The molecule has 4 rings (SSSR count). The molecule has 4 fully saturated rings. The van der Waals surface area contributed by atoms with Crippen LogP contribution in [0.15, 0.2) is 4.99 Å². The van der Waals surface area contributed by atoms with Crippen LogP contribution in [0.1, 0.15) is 12.8 Å². The molecule has 4 aliphatic heterocycles. The van der Waals surface area contributed by atoms with E-state index in [1.54, 1.807) is 0 Å². The van der Waals surface area contributed by atoms with E-state index in [2.05, 4.69) is 25.4 Å². The second kappa shape index (κ2) is 11.5. The van der Waals surface area contributed by atoms with E-state index in [0.717, 1.165) is 58.3 Å². The van der Waals surface area contributed by atoms with Gasteiger partial charge in [0.2, 0.25) is 0 Å². The summed E-state index contributed by atoms with van der Waals surface area (Å²) in [5, 5.41) is 6.86. The highest BCUT2D eigenvalue weighted by molar-refractivity contribution is 14.0. The smallest absolute Gasteiger partial charge is 0.191 e. The summed E-state index contributed by atoms with van der Waals surface area (Å²) < 4.78 is 11.1. The highest BCUT2D eigenvalue weighted by Gasteiger charge is 2.31. The number of hydrogen-bond donors (Lipinski definition) is 2. The maximum absolute atomic E-state index is 5.73. The Hall–Kier alpha value is -0.160. The molecule has 8 heteroatoms. The van der Waals surface area contributed by atoms with Crippen LogP contribution >= 0.6 is 24.0 Å². The molecule has 0 aromatic rings. The fraction of sp³-hybridized carbons (Fsp3) is 0.941. The van der Waals surface area contributed by atoms with Crippen molar-refractivity contribution in [3.8, 4) is 0 Å². The quantitative estimate of drug-likeness (QED) is 0.231. The molecule has 0 aliphatic carbocycles. The van der Waals surface area contributed by atoms with Crippen molar-refractivity contribution < 1.29 is 9.47 Å². The summed E-state index contributed by atoms with van der Waals surface area (Å²) in [5.74, 6) is 1.50. The summed E-state index contributed by atoms with van der Waals surface area (Å²) in [6.07, 6.45) is 2.14. The summed E-state index contributed by atoms with van der Waals surface area (Å²) in [4.78, 5) is 9.48. The van der Waals surface area contributed by atoms with Crippen molar-refractivity contribution in [2.75, 3.05) is 79.3 Å². The van der Waals surface area contributed by atoms with Crippen molar-refractivity contribution >= 4 is 29.9 Å². The number of ether oxygens (including phenoxy) is 2. The highest BCUT2D eigenvalue weighted by atomic mass is 127. The Kier molecular flexibility index (Phi) is 9.75. The van der Waals surface area contributed by atoms with Gasteiger partial charge in [0.25, 0.3) is 0 Å². The molecule has 4 saturated heterocycles. The van der Waals surface area contributed by atoms with E-state index in [1.165, 1.54) is 32.7 Å². The largest absolute Gasteiger partial charge is 0.381 e. The SMILES string of the molecule is CN=C(NCCCOCC1CCOC1)NCC1CN2CCN1CC2.I. The molecule has 25 heavy (non-hydrogen) atoms. The molecule has 4 heterocycles. The molecule has 146 valence electrons. The minimum atomic E-state index is 0. The molecule has 2 atom stereocenters. The third kappa shape index (κ3) is 6.82. The van der Waals surface area contributed by atoms with Gasteiger partial charge in [0.1, 0.15) is 0 Å². The minimum absolute atomic E-state index is 0. The lowest BCUT2D eigenvalue weighted by molar-refractivity contribution is 0.0154. The first-order chi connectivity index (χ1) is 11.8. The summed E-state index contributed by atoms with van der Waals surface area (Å²) in [5.41, 5.74) is 0. The first kappa shape index (κ1) is 21.1. The molecule has 2 unspecified atom stereocenters. The van der Waals surface area contributed by atoms with Gasteiger partial charge in [-0.25, -0.2) is 0 Å². The standard InChI is InChI=1S/C17H33N5O2.HI/c1-18-17(19-4-2-9-23-13-15-3-10-24-14-15)20-11-16-12-21-5-7-22(16)8-6-21;/h15-16H,2-14H2,1H3,(H2,18,19,20);1H.